The summed E-state index contributed by atoms with van der Waals surface area (Å²) in [4.78, 5) is 0. The molecule has 0 saturated carbocycles. The molecule has 0 aliphatic rings. The van der Waals surface area contributed by atoms with Crippen LogP contribution in [0.2, 0.25) is 10.0 Å². The van der Waals surface area contributed by atoms with Gasteiger partial charge in [-0.3, -0.25) is 0 Å². The van der Waals surface area contributed by atoms with Crippen LogP contribution in [0.25, 0.3) is 43.1 Å². The molecule has 0 radical (unpaired) electrons. The molecule has 0 atom stereocenters. The maximum atomic E-state index is 6.38. The molecule has 0 unspecified atom stereocenters. The Morgan fingerprint density at radius 2 is 0.741 bits per heavy atom. The fraction of sp³-hybridized carbons (Fsp3) is 0.291. The Morgan fingerprint density at radius 1 is 0.414 bits per heavy atom. The number of hydrogen-bond acceptors (Lipinski definition) is 0. The molecular formula is C55H58Cl2Zr. The Labute approximate surface area is 372 Å². The van der Waals surface area contributed by atoms with Crippen molar-refractivity contribution >= 4 is 69.5 Å². The van der Waals surface area contributed by atoms with Gasteiger partial charge in [0.15, 0.2) is 0 Å². The predicted octanol–water partition coefficient (Wildman–Crippen LogP) is 16.7. The zero-order valence-electron chi connectivity index (χ0n) is 36.5. The minimum absolute atomic E-state index is 0.124. The summed E-state index contributed by atoms with van der Waals surface area (Å²) in [7, 11) is 0. The summed E-state index contributed by atoms with van der Waals surface area (Å²) in [5.41, 5.74) is 8.88. The summed E-state index contributed by atoms with van der Waals surface area (Å²) < 4.78 is 1.31. The molecule has 0 spiro atoms. The number of halogens is 2. The SMILES string of the molecule is CC(C)(C)c1cc2[cH-]c3cc(C(C)(C)C)c(C(C)(C)C)cc3c2cc1C(C)(C)C.Clc1ccc([C](=[Zr+2])c2ccc(Cl)c3ccccc23)c2ccccc12.c1cc[cH-]c1. The van der Waals surface area contributed by atoms with Gasteiger partial charge in [-0.1, -0.05) is 117 Å². The Balaban J connectivity index is 0.000000176. The minimum Gasteiger partial charge on any atom is -0.214 e. The standard InChI is InChI=1S/C29H41.C21H12Cl2.C5H5.Zr/c1-26(2,3)22-14-18-13-19-15-23(27(4,5)6)25(29(10,11)12)17-21(19)20(18)16-24(22)28(7,8)9;22-20-11-9-14(16-5-1-3-7-18(16)20)13-15-10-12-21(23)19-8-4-2-6-17(15)19;1-2-4-5-3-1;/h13-17H,1-12H3;1-12H;1-5H;/q-1;;-1;+2. The predicted molar refractivity (Wildman–Crippen MR) is 255 cm³/mol. The fourth-order valence-electron chi connectivity index (χ4n) is 8.01. The summed E-state index contributed by atoms with van der Waals surface area (Å²) in [5.74, 6) is 0. The molecule has 8 aromatic rings. The molecule has 0 nitrogen and oxygen atoms in total. The Hall–Kier alpha value is -3.61. The zero-order chi connectivity index (χ0) is 42.4. The largest absolute Gasteiger partial charge is 0.214 e. The number of rotatable bonds is 2. The minimum atomic E-state index is 0.124. The molecule has 0 amide bonds. The number of fused-ring (bicyclic) bond motifs is 5. The van der Waals surface area contributed by atoms with Crippen LogP contribution in [-0.4, -0.2) is 3.21 Å². The average molecular weight is 881 g/mol. The van der Waals surface area contributed by atoms with Crippen molar-refractivity contribution in [1.29, 1.82) is 0 Å². The van der Waals surface area contributed by atoms with E-state index in [9.17, 15) is 0 Å². The maximum absolute atomic E-state index is 6.38. The van der Waals surface area contributed by atoms with Crippen LogP contribution in [0.5, 0.6) is 0 Å². The first-order valence-corrected chi connectivity index (χ1v) is 22.4. The second kappa shape index (κ2) is 16.8. The fourth-order valence-corrected chi connectivity index (χ4v) is 9.54. The number of hydrogen-bond donors (Lipinski definition) is 0. The van der Waals surface area contributed by atoms with Crippen LogP contribution >= 0.6 is 23.2 Å². The van der Waals surface area contributed by atoms with Crippen molar-refractivity contribution in [2.24, 2.45) is 0 Å². The van der Waals surface area contributed by atoms with E-state index in [-0.39, 0.29) is 21.7 Å². The summed E-state index contributed by atoms with van der Waals surface area (Å²) >= 11 is 14.1. The van der Waals surface area contributed by atoms with Crippen LogP contribution < -0.4 is 0 Å². The van der Waals surface area contributed by atoms with Crippen molar-refractivity contribution in [3.05, 3.63) is 177 Å². The molecule has 0 aromatic heterocycles. The smallest absolute Gasteiger partial charge is 0.172 e. The molecule has 0 fully saturated rings. The van der Waals surface area contributed by atoms with Gasteiger partial charge < -0.3 is 0 Å². The van der Waals surface area contributed by atoms with Crippen LogP contribution in [-0.2, 0) is 45.9 Å². The second-order valence-corrected chi connectivity index (χ2v) is 21.8. The van der Waals surface area contributed by atoms with Gasteiger partial charge in [-0.2, -0.15) is 18.2 Å². The monoisotopic (exact) mass is 878 g/mol. The maximum Gasteiger partial charge on any atom is -0.172 e. The molecule has 0 bridgehead atoms. The van der Waals surface area contributed by atoms with Gasteiger partial charge in [0.1, 0.15) is 0 Å². The summed E-state index contributed by atoms with van der Waals surface area (Å²) in [6.45, 7) is 28.0. The third-order valence-electron chi connectivity index (χ3n) is 11.0. The first-order chi connectivity index (χ1) is 27.1. The molecule has 0 aliphatic carbocycles. The summed E-state index contributed by atoms with van der Waals surface area (Å²) in [6, 6.07) is 47.1. The van der Waals surface area contributed by atoms with Gasteiger partial charge in [-0.15, -0.1) is 39.7 Å². The van der Waals surface area contributed by atoms with Gasteiger partial charge in [-0.05, 0) is 21.7 Å². The third kappa shape index (κ3) is 9.39. The van der Waals surface area contributed by atoms with Crippen LogP contribution in [0.1, 0.15) is 116 Å². The van der Waals surface area contributed by atoms with Crippen molar-refractivity contribution in [3.8, 4) is 0 Å². The van der Waals surface area contributed by atoms with Gasteiger partial charge >= 0.3 is 166 Å². The molecule has 8 rings (SSSR count). The summed E-state index contributed by atoms with van der Waals surface area (Å²) in [6.07, 6.45) is 0. The molecule has 0 aliphatic heterocycles. The van der Waals surface area contributed by atoms with Gasteiger partial charge in [0, 0.05) is 0 Å². The van der Waals surface area contributed by atoms with Gasteiger partial charge in [-0.25, -0.2) is 12.1 Å². The first kappa shape index (κ1) is 44.0. The van der Waals surface area contributed by atoms with Crippen molar-refractivity contribution in [3.63, 3.8) is 0 Å². The zero-order valence-corrected chi connectivity index (χ0v) is 40.4. The van der Waals surface area contributed by atoms with Crippen molar-refractivity contribution in [1.82, 2.24) is 0 Å². The molecule has 296 valence electrons. The Bertz CT molecular complexity index is 2540. The van der Waals surface area contributed by atoms with Crippen LogP contribution in [0.15, 0.2) is 133 Å². The van der Waals surface area contributed by atoms with E-state index in [2.05, 4.69) is 162 Å². The summed E-state index contributed by atoms with van der Waals surface area (Å²) in [5, 5.41) is 11.7. The van der Waals surface area contributed by atoms with Crippen molar-refractivity contribution in [2.75, 3.05) is 0 Å². The van der Waals surface area contributed by atoms with E-state index >= 15 is 0 Å². The van der Waals surface area contributed by atoms with Crippen molar-refractivity contribution < 1.29 is 24.2 Å². The normalized spacial score (nSPS) is 12.4. The third-order valence-corrected chi connectivity index (χ3v) is 13.0. The number of benzene rings is 6. The molecule has 8 aromatic carbocycles. The quantitative estimate of drug-likeness (QED) is 0.152. The van der Waals surface area contributed by atoms with Crippen LogP contribution in [0.3, 0.4) is 0 Å². The Morgan fingerprint density at radius 3 is 1.05 bits per heavy atom. The molecule has 3 heteroatoms. The van der Waals surface area contributed by atoms with Crippen molar-refractivity contribution in [2.45, 2.75) is 105 Å². The van der Waals surface area contributed by atoms with E-state index in [1.54, 1.807) is 0 Å². The topological polar surface area (TPSA) is 0 Å². The van der Waals surface area contributed by atoms with Gasteiger partial charge in [0.05, 0.1) is 0 Å². The van der Waals surface area contributed by atoms with E-state index in [1.807, 2.05) is 54.6 Å². The molecule has 0 saturated heterocycles. The molecule has 58 heavy (non-hydrogen) atoms. The molecular weight excluding hydrogens is 823 g/mol. The van der Waals surface area contributed by atoms with E-state index in [1.165, 1.54) is 93.1 Å². The van der Waals surface area contributed by atoms with E-state index in [0.717, 1.165) is 20.8 Å². The van der Waals surface area contributed by atoms with Gasteiger partial charge in [0.2, 0.25) is 0 Å². The molecule has 0 heterocycles. The van der Waals surface area contributed by atoms with Crippen LogP contribution in [0, 0.1) is 0 Å². The average Bonchev–Trinajstić information content (AvgIpc) is 3.85. The van der Waals surface area contributed by atoms with E-state index in [4.69, 9.17) is 23.2 Å². The molecule has 0 N–H and O–H groups in total. The second-order valence-electron chi connectivity index (χ2n) is 19.7. The van der Waals surface area contributed by atoms with Crippen LogP contribution in [0.4, 0.5) is 0 Å². The van der Waals surface area contributed by atoms with E-state index in [0.29, 0.717) is 0 Å². The first-order valence-electron chi connectivity index (χ1n) is 20.4. The van der Waals surface area contributed by atoms with Gasteiger partial charge in [0.25, 0.3) is 0 Å². The van der Waals surface area contributed by atoms with E-state index < -0.39 is 0 Å². The Kier molecular flexibility index (Phi) is 12.7.